The first kappa shape index (κ1) is 20.0. The van der Waals surface area contributed by atoms with Gasteiger partial charge in [0, 0.05) is 18.7 Å². The van der Waals surface area contributed by atoms with Gasteiger partial charge >= 0.3 is 0 Å². The molecule has 158 valence electrons. The van der Waals surface area contributed by atoms with Crippen LogP contribution in [0, 0.1) is 0 Å². The van der Waals surface area contributed by atoms with E-state index in [0.29, 0.717) is 52.5 Å². The molecule has 2 aromatic heterocycles. The van der Waals surface area contributed by atoms with Gasteiger partial charge in [0.15, 0.2) is 16.6 Å². The number of carbonyl (C=O) groups excluding carboxylic acids is 1. The van der Waals surface area contributed by atoms with Gasteiger partial charge in [-0.15, -0.1) is 11.3 Å². The molecule has 1 saturated heterocycles. The number of nitrogens with zero attached hydrogens (tertiary/aromatic N) is 2. The summed E-state index contributed by atoms with van der Waals surface area (Å²) in [6, 6.07) is 5.84. The molecule has 3 aromatic rings. The Morgan fingerprint density at radius 3 is 2.70 bits per heavy atom. The number of thiazole rings is 1. The molecule has 5 rings (SSSR count). The minimum Gasteiger partial charge on any atom is -0.486 e. The fraction of sp³-hybridized carbons (Fsp3) is 0.333. The number of nitrogens with one attached hydrogen (secondary N) is 1. The molecule has 1 atom stereocenters. The molecule has 2 aliphatic rings. The van der Waals surface area contributed by atoms with Crippen molar-refractivity contribution >= 4 is 65.6 Å². The third-order valence-electron chi connectivity index (χ3n) is 4.90. The molecule has 2 aliphatic heterocycles. The average Bonchev–Trinajstić information content (AvgIpc) is 3.45. The third-order valence-corrected chi connectivity index (χ3v) is 9.44. The molecule has 0 bridgehead atoms. The average molecular weight is 486 g/mol. The van der Waals surface area contributed by atoms with Gasteiger partial charge in [0.1, 0.15) is 23.5 Å². The number of hydrogen-bond donors (Lipinski definition) is 1. The zero-order valence-electron chi connectivity index (χ0n) is 15.5. The first-order valence-corrected chi connectivity index (χ1v) is 12.7. The molecule has 0 radical (unpaired) electrons. The maximum atomic E-state index is 13.0. The molecule has 1 N–H and O–H groups in total. The van der Waals surface area contributed by atoms with Crippen molar-refractivity contribution < 1.29 is 22.7 Å². The number of halogens is 1. The monoisotopic (exact) mass is 485 g/mol. The highest BCUT2D eigenvalue weighted by Crippen LogP contribution is 2.38. The van der Waals surface area contributed by atoms with Gasteiger partial charge in [0.05, 0.1) is 14.6 Å². The van der Waals surface area contributed by atoms with Crippen molar-refractivity contribution in [2.24, 2.45) is 0 Å². The predicted octanol–water partition coefficient (Wildman–Crippen LogP) is 3.57. The summed E-state index contributed by atoms with van der Waals surface area (Å²) in [7, 11) is -3.78. The van der Waals surface area contributed by atoms with E-state index in [1.54, 1.807) is 12.1 Å². The van der Waals surface area contributed by atoms with Crippen molar-refractivity contribution in [1.29, 1.82) is 0 Å². The Kier molecular flexibility index (Phi) is 5.10. The Balaban J connectivity index is 1.38. The van der Waals surface area contributed by atoms with Gasteiger partial charge in [-0.3, -0.25) is 4.79 Å². The summed E-state index contributed by atoms with van der Waals surface area (Å²) < 4.78 is 39.7. The Morgan fingerprint density at radius 2 is 1.97 bits per heavy atom. The lowest BCUT2D eigenvalue weighted by molar-refractivity contribution is -0.119. The van der Waals surface area contributed by atoms with Gasteiger partial charge in [-0.1, -0.05) is 22.9 Å². The lowest BCUT2D eigenvalue weighted by atomic mass is 10.2. The van der Waals surface area contributed by atoms with Crippen LogP contribution in [0.4, 0.5) is 5.13 Å². The van der Waals surface area contributed by atoms with Crippen molar-refractivity contribution in [3.05, 3.63) is 28.6 Å². The molecule has 0 saturated carbocycles. The van der Waals surface area contributed by atoms with Crippen LogP contribution in [0.3, 0.4) is 0 Å². The standard InChI is InChI=1S/C18H16ClN3O5S3/c19-15-3-4-16(29-15)30(24,25)22-5-1-2-11(22)17(23)21-18-20-10-8-12-13(9-14(10)28-18)27-7-6-26-12/h3-4,8-9,11H,1-2,5-7H2,(H,20,21,23). The van der Waals surface area contributed by atoms with E-state index in [1.165, 1.54) is 21.7 Å². The highest BCUT2D eigenvalue weighted by atomic mass is 35.5. The van der Waals surface area contributed by atoms with E-state index in [-0.39, 0.29) is 10.8 Å². The molecular formula is C18H16ClN3O5S3. The van der Waals surface area contributed by atoms with Crippen molar-refractivity contribution in [2.75, 3.05) is 25.1 Å². The second-order valence-electron chi connectivity index (χ2n) is 6.80. The number of aromatic nitrogens is 1. The van der Waals surface area contributed by atoms with Crippen molar-refractivity contribution in [3.8, 4) is 11.5 Å². The van der Waals surface area contributed by atoms with E-state index in [9.17, 15) is 13.2 Å². The van der Waals surface area contributed by atoms with Gasteiger partial charge in [-0.25, -0.2) is 13.4 Å². The van der Waals surface area contributed by atoms with E-state index < -0.39 is 22.0 Å². The Bertz CT molecular complexity index is 1200. The van der Waals surface area contributed by atoms with Crippen molar-refractivity contribution in [3.63, 3.8) is 0 Å². The van der Waals surface area contributed by atoms with Gasteiger partial charge < -0.3 is 14.8 Å². The lowest BCUT2D eigenvalue weighted by Crippen LogP contribution is -2.42. The van der Waals surface area contributed by atoms with Crippen LogP contribution in [-0.4, -0.2) is 49.4 Å². The van der Waals surface area contributed by atoms with E-state index in [0.717, 1.165) is 16.0 Å². The number of sulfonamides is 1. The van der Waals surface area contributed by atoms with Crippen LogP contribution in [0.1, 0.15) is 12.8 Å². The maximum absolute atomic E-state index is 13.0. The third kappa shape index (κ3) is 3.54. The topological polar surface area (TPSA) is 97.8 Å². The highest BCUT2D eigenvalue weighted by molar-refractivity contribution is 7.91. The first-order valence-electron chi connectivity index (χ1n) is 9.20. The van der Waals surface area contributed by atoms with E-state index >= 15 is 0 Å². The van der Waals surface area contributed by atoms with E-state index in [2.05, 4.69) is 10.3 Å². The summed E-state index contributed by atoms with van der Waals surface area (Å²) in [6.07, 6.45) is 1.06. The van der Waals surface area contributed by atoms with Crippen LogP contribution in [0.15, 0.2) is 28.5 Å². The number of thiophene rings is 1. The molecule has 1 aromatic carbocycles. The molecule has 0 spiro atoms. The fourth-order valence-corrected chi connectivity index (χ4v) is 7.70. The second kappa shape index (κ2) is 7.65. The van der Waals surface area contributed by atoms with Crippen molar-refractivity contribution in [1.82, 2.24) is 9.29 Å². The Hall–Kier alpha value is -1.92. The number of carbonyl (C=O) groups is 1. The number of anilines is 1. The second-order valence-corrected chi connectivity index (χ2v) is 11.7. The quantitative estimate of drug-likeness (QED) is 0.606. The summed E-state index contributed by atoms with van der Waals surface area (Å²) in [6.45, 7) is 1.26. The molecule has 1 fully saturated rings. The summed E-state index contributed by atoms with van der Waals surface area (Å²) in [5.74, 6) is 0.882. The van der Waals surface area contributed by atoms with Gasteiger partial charge in [0.25, 0.3) is 10.0 Å². The first-order chi connectivity index (χ1) is 14.4. The smallest absolute Gasteiger partial charge is 0.253 e. The molecule has 30 heavy (non-hydrogen) atoms. The predicted molar refractivity (Wildman–Crippen MR) is 115 cm³/mol. The SMILES string of the molecule is O=C(Nc1nc2cc3c(cc2s1)OCCO3)C1CCCN1S(=O)(=O)c1ccc(Cl)s1. The number of rotatable bonds is 4. The van der Waals surface area contributed by atoms with Gasteiger partial charge in [-0.2, -0.15) is 4.31 Å². The van der Waals surface area contributed by atoms with Crippen LogP contribution in [-0.2, 0) is 14.8 Å². The summed E-state index contributed by atoms with van der Waals surface area (Å²) in [5.41, 5.74) is 0.684. The largest absolute Gasteiger partial charge is 0.486 e. The summed E-state index contributed by atoms with van der Waals surface area (Å²) in [5, 5.41) is 3.18. The van der Waals surface area contributed by atoms with Crippen LogP contribution < -0.4 is 14.8 Å². The number of fused-ring (bicyclic) bond motifs is 2. The molecule has 1 unspecified atom stereocenters. The molecule has 8 nitrogen and oxygen atoms in total. The van der Waals surface area contributed by atoms with Gasteiger partial charge in [-0.05, 0) is 25.0 Å². The van der Waals surface area contributed by atoms with Crippen LogP contribution >= 0.6 is 34.3 Å². The zero-order chi connectivity index (χ0) is 20.9. The fourth-order valence-electron chi connectivity index (χ4n) is 3.55. The van der Waals surface area contributed by atoms with Gasteiger partial charge in [0.2, 0.25) is 5.91 Å². The molecule has 4 heterocycles. The minimum atomic E-state index is -3.78. The van der Waals surface area contributed by atoms with Crippen LogP contribution in [0.25, 0.3) is 10.2 Å². The molecular weight excluding hydrogens is 470 g/mol. The van der Waals surface area contributed by atoms with Crippen LogP contribution in [0.2, 0.25) is 4.34 Å². The van der Waals surface area contributed by atoms with Crippen molar-refractivity contribution in [2.45, 2.75) is 23.1 Å². The normalized spacial score (nSPS) is 19.3. The number of hydrogen-bond acceptors (Lipinski definition) is 8. The van der Waals surface area contributed by atoms with E-state index in [1.807, 2.05) is 6.07 Å². The number of ether oxygens (including phenoxy) is 2. The Morgan fingerprint density at radius 1 is 1.20 bits per heavy atom. The minimum absolute atomic E-state index is 0.137. The highest BCUT2D eigenvalue weighted by Gasteiger charge is 2.40. The zero-order valence-corrected chi connectivity index (χ0v) is 18.7. The number of amides is 1. The molecule has 0 aliphatic carbocycles. The van der Waals surface area contributed by atoms with E-state index in [4.69, 9.17) is 21.1 Å². The molecule has 1 amide bonds. The van der Waals surface area contributed by atoms with Crippen LogP contribution in [0.5, 0.6) is 11.5 Å². The Labute approximate surface area is 185 Å². The lowest BCUT2D eigenvalue weighted by Gasteiger charge is -2.22. The maximum Gasteiger partial charge on any atom is 0.253 e. The summed E-state index contributed by atoms with van der Waals surface area (Å²) >= 11 is 8.18. The summed E-state index contributed by atoms with van der Waals surface area (Å²) in [4.78, 5) is 17.4. The number of benzene rings is 1. The molecule has 12 heteroatoms.